The molecule has 0 unspecified atom stereocenters. The molecule has 21 heavy (non-hydrogen) atoms. The number of nitrogens with one attached hydrogen (secondary N) is 2. The van der Waals surface area contributed by atoms with E-state index in [1.54, 1.807) is 6.07 Å². The first-order valence-corrected chi connectivity index (χ1v) is 9.56. The molecule has 0 saturated carbocycles. The lowest BCUT2D eigenvalue weighted by Crippen LogP contribution is -2.29. The molecule has 0 aliphatic carbocycles. The number of hydrogen-bond acceptors (Lipinski definition) is 3. The average molecular weight is 377 g/mol. The summed E-state index contributed by atoms with van der Waals surface area (Å²) in [5, 5.41) is 3.05. The molecule has 1 aromatic rings. The maximum atomic E-state index is 12.5. The Morgan fingerprint density at radius 1 is 1.24 bits per heavy atom. The number of sulfonamides is 1. The van der Waals surface area contributed by atoms with Crippen LogP contribution < -0.4 is 10.0 Å². The van der Waals surface area contributed by atoms with Gasteiger partial charge in [0, 0.05) is 17.6 Å². The van der Waals surface area contributed by atoms with E-state index in [0.717, 1.165) is 24.0 Å². The topological polar surface area (TPSA) is 58.2 Å². The highest BCUT2D eigenvalue weighted by Crippen LogP contribution is 2.27. The summed E-state index contributed by atoms with van der Waals surface area (Å²) in [6.07, 6.45) is 1.94. The van der Waals surface area contributed by atoms with E-state index in [9.17, 15) is 8.42 Å². The van der Waals surface area contributed by atoms with Gasteiger partial charge in [0.15, 0.2) is 0 Å². The van der Waals surface area contributed by atoms with Crippen LogP contribution in [0.25, 0.3) is 0 Å². The standard InChI is InChI=1S/C15H25BrN2O2S/c1-5-12(6-2)10-18-21(19,20)14-8-13(9-17-4)7-11(3)15(14)16/h7-8,12,17-18H,5-6,9-10H2,1-4H3. The maximum absolute atomic E-state index is 12.5. The molecule has 2 N–H and O–H groups in total. The van der Waals surface area contributed by atoms with Crippen molar-refractivity contribution in [1.29, 1.82) is 0 Å². The first kappa shape index (κ1) is 18.6. The smallest absolute Gasteiger partial charge is 0.241 e. The van der Waals surface area contributed by atoms with Gasteiger partial charge in [-0.3, -0.25) is 0 Å². The molecule has 0 spiro atoms. The molecular formula is C15H25BrN2O2S. The summed E-state index contributed by atoms with van der Waals surface area (Å²) >= 11 is 3.40. The Labute approximate surface area is 136 Å². The van der Waals surface area contributed by atoms with Crippen LogP contribution in [0.2, 0.25) is 0 Å². The lowest BCUT2D eigenvalue weighted by Gasteiger charge is -2.16. The van der Waals surface area contributed by atoms with Gasteiger partial charge in [-0.05, 0) is 53.0 Å². The zero-order valence-electron chi connectivity index (χ0n) is 13.2. The van der Waals surface area contributed by atoms with E-state index in [1.165, 1.54) is 0 Å². The van der Waals surface area contributed by atoms with Crippen molar-refractivity contribution in [2.75, 3.05) is 13.6 Å². The average Bonchev–Trinajstić information content (AvgIpc) is 2.43. The molecule has 0 fully saturated rings. The summed E-state index contributed by atoms with van der Waals surface area (Å²) in [7, 11) is -1.65. The highest BCUT2D eigenvalue weighted by atomic mass is 79.9. The van der Waals surface area contributed by atoms with E-state index in [2.05, 4.69) is 39.8 Å². The van der Waals surface area contributed by atoms with Crippen LogP contribution in [0.1, 0.15) is 37.8 Å². The highest BCUT2D eigenvalue weighted by molar-refractivity contribution is 9.10. The van der Waals surface area contributed by atoms with Crippen molar-refractivity contribution in [1.82, 2.24) is 10.0 Å². The molecule has 0 radical (unpaired) electrons. The van der Waals surface area contributed by atoms with E-state index < -0.39 is 10.0 Å². The molecule has 0 heterocycles. The molecule has 0 bridgehead atoms. The molecule has 0 amide bonds. The molecule has 0 saturated heterocycles. The van der Waals surface area contributed by atoms with Gasteiger partial charge >= 0.3 is 0 Å². The molecule has 120 valence electrons. The third-order valence-corrected chi connectivity index (χ3v) is 6.43. The Balaban J connectivity index is 3.06. The van der Waals surface area contributed by atoms with Crippen molar-refractivity contribution < 1.29 is 8.42 Å². The zero-order valence-corrected chi connectivity index (χ0v) is 15.6. The largest absolute Gasteiger partial charge is 0.316 e. The fourth-order valence-corrected chi connectivity index (χ4v) is 4.38. The van der Waals surface area contributed by atoms with Crippen LogP contribution in [0.4, 0.5) is 0 Å². The zero-order chi connectivity index (χ0) is 16.0. The summed E-state index contributed by atoms with van der Waals surface area (Å²) in [6.45, 7) is 7.19. The van der Waals surface area contributed by atoms with Crippen molar-refractivity contribution in [3.05, 3.63) is 27.7 Å². The summed E-state index contributed by atoms with van der Waals surface area (Å²) < 4.78 is 28.4. The normalized spacial score (nSPS) is 12.1. The van der Waals surface area contributed by atoms with Crippen molar-refractivity contribution >= 4 is 26.0 Å². The number of aryl methyl sites for hydroxylation is 1. The SMILES string of the molecule is CCC(CC)CNS(=O)(=O)c1cc(CNC)cc(C)c1Br. The van der Waals surface area contributed by atoms with Crippen molar-refractivity contribution in [3.8, 4) is 0 Å². The monoisotopic (exact) mass is 376 g/mol. The quantitative estimate of drug-likeness (QED) is 0.732. The summed E-state index contributed by atoms with van der Waals surface area (Å²) in [5.74, 6) is 0.375. The summed E-state index contributed by atoms with van der Waals surface area (Å²) in [6, 6.07) is 3.71. The van der Waals surface area contributed by atoms with Crippen LogP contribution >= 0.6 is 15.9 Å². The van der Waals surface area contributed by atoms with Gasteiger partial charge in [-0.15, -0.1) is 0 Å². The predicted molar refractivity (Wildman–Crippen MR) is 90.9 cm³/mol. The second kappa shape index (κ2) is 8.27. The Morgan fingerprint density at radius 2 is 1.86 bits per heavy atom. The minimum absolute atomic E-state index is 0.318. The number of rotatable bonds is 8. The fourth-order valence-electron chi connectivity index (χ4n) is 2.19. The molecule has 0 atom stereocenters. The van der Waals surface area contributed by atoms with E-state index in [1.807, 2.05) is 20.0 Å². The lowest BCUT2D eigenvalue weighted by molar-refractivity contribution is 0.478. The molecule has 1 rings (SSSR count). The molecular weight excluding hydrogens is 352 g/mol. The predicted octanol–water partition coefficient (Wildman–Crippen LogP) is 3.19. The molecule has 0 aliphatic heterocycles. The van der Waals surface area contributed by atoms with Crippen LogP contribution in [-0.2, 0) is 16.6 Å². The van der Waals surface area contributed by atoms with Gasteiger partial charge in [0.25, 0.3) is 0 Å². The number of benzene rings is 1. The van der Waals surface area contributed by atoms with Crippen LogP contribution in [0.3, 0.4) is 0 Å². The summed E-state index contributed by atoms with van der Waals surface area (Å²) in [4.78, 5) is 0.318. The first-order chi connectivity index (χ1) is 9.85. The molecule has 4 nitrogen and oxygen atoms in total. The van der Waals surface area contributed by atoms with Gasteiger partial charge in [0.05, 0.1) is 4.90 Å². The highest BCUT2D eigenvalue weighted by Gasteiger charge is 2.20. The second-order valence-corrected chi connectivity index (χ2v) is 7.82. The Kier molecular flexibility index (Phi) is 7.33. The first-order valence-electron chi connectivity index (χ1n) is 7.28. The Hall–Kier alpha value is -0.430. The molecule has 0 aliphatic rings. The van der Waals surface area contributed by atoms with E-state index >= 15 is 0 Å². The maximum Gasteiger partial charge on any atom is 0.241 e. The Morgan fingerprint density at radius 3 is 2.38 bits per heavy atom. The number of halogens is 1. The van der Waals surface area contributed by atoms with Crippen LogP contribution in [0, 0.1) is 12.8 Å². The van der Waals surface area contributed by atoms with Crippen LogP contribution in [0.15, 0.2) is 21.5 Å². The van der Waals surface area contributed by atoms with Gasteiger partial charge < -0.3 is 5.32 Å². The van der Waals surface area contributed by atoms with Gasteiger partial charge in [0.1, 0.15) is 0 Å². The van der Waals surface area contributed by atoms with Gasteiger partial charge in [-0.1, -0.05) is 32.8 Å². The molecule has 6 heteroatoms. The van der Waals surface area contributed by atoms with Gasteiger partial charge in [-0.2, -0.15) is 0 Å². The number of hydrogen-bond donors (Lipinski definition) is 2. The van der Waals surface area contributed by atoms with Crippen molar-refractivity contribution in [2.24, 2.45) is 5.92 Å². The second-order valence-electron chi connectivity index (χ2n) is 5.29. The third kappa shape index (κ3) is 5.06. The van der Waals surface area contributed by atoms with E-state index in [4.69, 9.17) is 0 Å². The van der Waals surface area contributed by atoms with Crippen molar-refractivity contribution in [2.45, 2.75) is 45.1 Å². The van der Waals surface area contributed by atoms with Gasteiger partial charge in [-0.25, -0.2) is 13.1 Å². The minimum Gasteiger partial charge on any atom is -0.316 e. The lowest BCUT2D eigenvalue weighted by atomic mass is 10.0. The minimum atomic E-state index is -3.49. The summed E-state index contributed by atoms with van der Waals surface area (Å²) in [5.41, 5.74) is 1.88. The Bertz CT molecular complexity index is 569. The molecule has 0 aromatic heterocycles. The van der Waals surface area contributed by atoms with Crippen LogP contribution in [-0.4, -0.2) is 22.0 Å². The van der Waals surface area contributed by atoms with Crippen molar-refractivity contribution in [3.63, 3.8) is 0 Å². The van der Waals surface area contributed by atoms with E-state index in [-0.39, 0.29) is 0 Å². The van der Waals surface area contributed by atoms with Gasteiger partial charge in [0.2, 0.25) is 10.0 Å². The fraction of sp³-hybridized carbons (Fsp3) is 0.600. The third-order valence-electron chi connectivity index (χ3n) is 3.67. The van der Waals surface area contributed by atoms with Crippen LogP contribution in [0.5, 0.6) is 0 Å². The molecule has 1 aromatic carbocycles. The van der Waals surface area contributed by atoms with E-state index in [0.29, 0.717) is 28.4 Å².